The highest BCUT2D eigenvalue weighted by Crippen LogP contribution is 2.18. The second-order valence-corrected chi connectivity index (χ2v) is 4.53. The Labute approximate surface area is 92.6 Å². The number of benzene rings is 1. The molecule has 0 radical (unpaired) electrons. The molecular formula is C11H15BrFN. The van der Waals surface area contributed by atoms with E-state index in [4.69, 9.17) is 5.73 Å². The van der Waals surface area contributed by atoms with Crippen LogP contribution in [0, 0.1) is 11.7 Å². The summed E-state index contributed by atoms with van der Waals surface area (Å²) in [5.74, 6) is 0.325. The van der Waals surface area contributed by atoms with Gasteiger partial charge in [0, 0.05) is 4.47 Å². The van der Waals surface area contributed by atoms with E-state index in [9.17, 15) is 4.39 Å². The van der Waals surface area contributed by atoms with E-state index in [1.165, 1.54) is 6.07 Å². The van der Waals surface area contributed by atoms with Crippen LogP contribution in [0.2, 0.25) is 0 Å². The van der Waals surface area contributed by atoms with Crippen molar-refractivity contribution in [3.05, 3.63) is 34.1 Å². The van der Waals surface area contributed by atoms with E-state index in [0.717, 1.165) is 22.9 Å². The van der Waals surface area contributed by atoms with Gasteiger partial charge >= 0.3 is 0 Å². The topological polar surface area (TPSA) is 26.0 Å². The average Bonchev–Trinajstić information content (AvgIpc) is 2.19. The number of halogens is 2. The fourth-order valence-corrected chi connectivity index (χ4v) is 1.66. The number of hydrogen-bond acceptors (Lipinski definition) is 1. The van der Waals surface area contributed by atoms with Gasteiger partial charge in [-0.05, 0) is 49.1 Å². The lowest BCUT2D eigenvalue weighted by molar-refractivity contribution is 0.529. The maximum Gasteiger partial charge on any atom is 0.126 e. The third kappa shape index (κ3) is 3.39. The van der Waals surface area contributed by atoms with Crippen molar-refractivity contribution in [2.75, 3.05) is 6.54 Å². The molecule has 1 atom stereocenters. The fraction of sp³-hybridized carbons (Fsp3) is 0.455. The Morgan fingerprint density at radius 2 is 2.21 bits per heavy atom. The maximum absolute atomic E-state index is 13.3. The van der Waals surface area contributed by atoms with Crippen molar-refractivity contribution in [1.82, 2.24) is 0 Å². The summed E-state index contributed by atoms with van der Waals surface area (Å²) in [6.07, 6.45) is 1.69. The first-order valence-corrected chi connectivity index (χ1v) is 5.56. The van der Waals surface area contributed by atoms with E-state index in [1.54, 1.807) is 6.07 Å². The number of nitrogens with two attached hydrogens (primary N) is 1. The van der Waals surface area contributed by atoms with Crippen molar-refractivity contribution in [1.29, 1.82) is 0 Å². The second-order valence-electron chi connectivity index (χ2n) is 3.62. The van der Waals surface area contributed by atoms with Crippen LogP contribution in [0.4, 0.5) is 4.39 Å². The van der Waals surface area contributed by atoms with E-state index in [-0.39, 0.29) is 5.82 Å². The minimum atomic E-state index is -0.127. The van der Waals surface area contributed by atoms with E-state index in [1.807, 2.05) is 6.07 Å². The van der Waals surface area contributed by atoms with Crippen LogP contribution in [0.15, 0.2) is 22.7 Å². The van der Waals surface area contributed by atoms with Crippen LogP contribution in [0.25, 0.3) is 0 Å². The smallest absolute Gasteiger partial charge is 0.126 e. The van der Waals surface area contributed by atoms with Crippen molar-refractivity contribution in [3.63, 3.8) is 0 Å². The summed E-state index contributed by atoms with van der Waals surface area (Å²) < 4.78 is 14.2. The molecule has 0 aliphatic carbocycles. The lowest BCUT2D eigenvalue weighted by atomic mass is 10.0. The third-order valence-corrected chi connectivity index (χ3v) is 2.81. The van der Waals surface area contributed by atoms with Gasteiger partial charge in [0.05, 0.1) is 0 Å². The Morgan fingerprint density at radius 3 is 2.86 bits per heavy atom. The molecule has 14 heavy (non-hydrogen) atoms. The Morgan fingerprint density at radius 1 is 1.50 bits per heavy atom. The van der Waals surface area contributed by atoms with Crippen molar-refractivity contribution >= 4 is 15.9 Å². The quantitative estimate of drug-likeness (QED) is 0.884. The highest BCUT2D eigenvalue weighted by Gasteiger charge is 2.05. The van der Waals surface area contributed by atoms with Gasteiger partial charge in [0.2, 0.25) is 0 Å². The lowest BCUT2D eigenvalue weighted by Crippen LogP contribution is -2.11. The first kappa shape index (κ1) is 11.7. The summed E-state index contributed by atoms with van der Waals surface area (Å²) in [6.45, 7) is 2.74. The summed E-state index contributed by atoms with van der Waals surface area (Å²) in [7, 11) is 0. The minimum absolute atomic E-state index is 0.127. The van der Waals surface area contributed by atoms with Crippen LogP contribution >= 0.6 is 15.9 Å². The van der Waals surface area contributed by atoms with Gasteiger partial charge in [-0.3, -0.25) is 0 Å². The summed E-state index contributed by atoms with van der Waals surface area (Å²) in [5.41, 5.74) is 6.26. The third-order valence-electron chi connectivity index (χ3n) is 2.32. The van der Waals surface area contributed by atoms with Crippen molar-refractivity contribution in [2.45, 2.75) is 19.8 Å². The molecule has 1 nitrogen and oxygen atoms in total. The Bertz CT molecular complexity index is 301. The molecule has 0 bridgehead atoms. The number of aryl methyl sites for hydroxylation is 1. The van der Waals surface area contributed by atoms with Gasteiger partial charge in [0.15, 0.2) is 0 Å². The Balaban J connectivity index is 2.62. The molecule has 1 aromatic rings. The molecule has 0 fully saturated rings. The highest BCUT2D eigenvalue weighted by atomic mass is 79.9. The zero-order valence-corrected chi connectivity index (χ0v) is 9.85. The SMILES string of the molecule is CC(CN)CCc1cc(Br)ccc1F. The van der Waals surface area contributed by atoms with Crippen LogP contribution in [0.1, 0.15) is 18.9 Å². The van der Waals surface area contributed by atoms with E-state index in [2.05, 4.69) is 22.9 Å². The molecule has 0 heterocycles. The Kier molecular flexibility index (Phi) is 4.55. The monoisotopic (exact) mass is 259 g/mol. The van der Waals surface area contributed by atoms with Gasteiger partial charge in [-0.25, -0.2) is 4.39 Å². The molecular weight excluding hydrogens is 245 g/mol. The maximum atomic E-state index is 13.3. The van der Waals surface area contributed by atoms with Crippen LogP contribution in [-0.4, -0.2) is 6.54 Å². The van der Waals surface area contributed by atoms with Gasteiger partial charge in [-0.2, -0.15) is 0 Å². The largest absolute Gasteiger partial charge is 0.330 e. The first-order chi connectivity index (χ1) is 6.63. The van der Waals surface area contributed by atoms with Crippen LogP contribution < -0.4 is 5.73 Å². The van der Waals surface area contributed by atoms with Crippen molar-refractivity contribution in [3.8, 4) is 0 Å². The average molecular weight is 260 g/mol. The molecule has 0 saturated heterocycles. The van der Waals surface area contributed by atoms with Gasteiger partial charge in [-0.1, -0.05) is 22.9 Å². The van der Waals surface area contributed by atoms with Crippen molar-refractivity contribution < 1.29 is 4.39 Å². The molecule has 1 unspecified atom stereocenters. The molecule has 0 aliphatic heterocycles. The van der Waals surface area contributed by atoms with Gasteiger partial charge in [0.25, 0.3) is 0 Å². The zero-order valence-electron chi connectivity index (χ0n) is 8.26. The van der Waals surface area contributed by atoms with E-state index >= 15 is 0 Å². The molecule has 0 spiro atoms. The molecule has 78 valence electrons. The predicted octanol–water partition coefficient (Wildman–Crippen LogP) is 3.12. The summed E-state index contributed by atoms with van der Waals surface area (Å²) in [5, 5.41) is 0. The number of rotatable bonds is 4. The van der Waals surface area contributed by atoms with Gasteiger partial charge < -0.3 is 5.73 Å². The Hall–Kier alpha value is -0.410. The molecule has 0 amide bonds. The molecule has 1 aromatic carbocycles. The molecule has 0 aromatic heterocycles. The zero-order chi connectivity index (χ0) is 10.6. The summed E-state index contributed by atoms with van der Waals surface area (Å²) in [6, 6.07) is 5.04. The molecule has 1 rings (SSSR count). The molecule has 2 N–H and O–H groups in total. The summed E-state index contributed by atoms with van der Waals surface area (Å²) in [4.78, 5) is 0. The van der Waals surface area contributed by atoms with Crippen LogP contribution in [-0.2, 0) is 6.42 Å². The van der Waals surface area contributed by atoms with Gasteiger partial charge in [0.1, 0.15) is 5.82 Å². The highest BCUT2D eigenvalue weighted by molar-refractivity contribution is 9.10. The fourth-order valence-electron chi connectivity index (χ4n) is 1.25. The molecule has 0 aliphatic rings. The van der Waals surface area contributed by atoms with Gasteiger partial charge in [-0.15, -0.1) is 0 Å². The van der Waals surface area contributed by atoms with E-state index < -0.39 is 0 Å². The predicted molar refractivity (Wildman–Crippen MR) is 60.6 cm³/mol. The number of hydrogen-bond donors (Lipinski definition) is 1. The molecule has 3 heteroatoms. The second kappa shape index (κ2) is 5.47. The van der Waals surface area contributed by atoms with Crippen molar-refractivity contribution in [2.24, 2.45) is 11.7 Å². The van der Waals surface area contributed by atoms with Crippen LogP contribution in [0.3, 0.4) is 0 Å². The van der Waals surface area contributed by atoms with E-state index in [0.29, 0.717) is 12.5 Å². The standard InChI is InChI=1S/C11H15BrFN/c1-8(7-14)2-3-9-6-10(12)4-5-11(9)13/h4-6,8H,2-3,7,14H2,1H3. The minimum Gasteiger partial charge on any atom is -0.330 e. The lowest BCUT2D eigenvalue weighted by Gasteiger charge is -2.08. The first-order valence-electron chi connectivity index (χ1n) is 4.77. The summed E-state index contributed by atoms with van der Waals surface area (Å²) >= 11 is 3.33. The molecule has 0 saturated carbocycles. The normalized spacial score (nSPS) is 12.9. The van der Waals surface area contributed by atoms with Crippen LogP contribution in [0.5, 0.6) is 0 Å².